The van der Waals surface area contributed by atoms with E-state index < -0.39 is 15.9 Å². The highest BCUT2D eigenvalue weighted by Gasteiger charge is 2.33. The molecule has 0 fully saturated rings. The molecule has 0 aliphatic carbocycles. The Bertz CT molecular complexity index is 956. The fourth-order valence-electron chi connectivity index (χ4n) is 3.44. The van der Waals surface area contributed by atoms with Gasteiger partial charge in [0.1, 0.15) is 0 Å². The summed E-state index contributed by atoms with van der Waals surface area (Å²) in [4.78, 5) is 15.0. The smallest absolute Gasteiger partial charge is 0.258 e. The van der Waals surface area contributed by atoms with Crippen LogP contribution in [0.15, 0.2) is 53.9 Å². The van der Waals surface area contributed by atoms with E-state index in [0.29, 0.717) is 5.56 Å². The quantitative estimate of drug-likeness (QED) is 0.823. The first kappa shape index (κ1) is 18.4. The van der Waals surface area contributed by atoms with Crippen LogP contribution >= 0.6 is 0 Å². The third-order valence-corrected chi connectivity index (χ3v) is 5.94. The van der Waals surface area contributed by atoms with Crippen molar-refractivity contribution in [3.05, 3.63) is 76.2 Å². The standard InChI is InChI=1S/C21H23NO3S/c1-4-17-7-5-6-8-20(17)22(19-9-10-26(24,25)14-19)21(23)18-12-15(2)11-16(3)13-18/h5-13,19H,4,14H2,1-3H3. The molecule has 1 atom stereocenters. The van der Waals surface area contributed by atoms with Crippen molar-refractivity contribution < 1.29 is 13.2 Å². The van der Waals surface area contributed by atoms with Crippen LogP contribution in [0.4, 0.5) is 5.69 Å². The summed E-state index contributed by atoms with van der Waals surface area (Å²) in [5.74, 6) is -0.258. The molecule has 5 heteroatoms. The van der Waals surface area contributed by atoms with Crippen LogP contribution in [0.5, 0.6) is 0 Å². The minimum Gasteiger partial charge on any atom is -0.300 e. The van der Waals surface area contributed by atoms with Gasteiger partial charge in [-0.15, -0.1) is 0 Å². The molecule has 0 saturated carbocycles. The maximum Gasteiger partial charge on any atom is 0.258 e. The molecule has 4 nitrogen and oxygen atoms in total. The summed E-state index contributed by atoms with van der Waals surface area (Å²) in [7, 11) is -3.27. The number of para-hydroxylation sites is 1. The van der Waals surface area contributed by atoms with Crippen LogP contribution in [-0.2, 0) is 16.3 Å². The van der Waals surface area contributed by atoms with Gasteiger partial charge in [0.2, 0.25) is 0 Å². The van der Waals surface area contributed by atoms with Crippen LogP contribution in [0.3, 0.4) is 0 Å². The molecule has 1 aliphatic heterocycles. The fourth-order valence-corrected chi connectivity index (χ4v) is 4.71. The van der Waals surface area contributed by atoms with Crippen LogP contribution in [0.2, 0.25) is 0 Å². The highest BCUT2D eigenvalue weighted by molar-refractivity contribution is 7.94. The Labute approximate surface area is 155 Å². The van der Waals surface area contributed by atoms with Crippen molar-refractivity contribution in [1.82, 2.24) is 0 Å². The van der Waals surface area contributed by atoms with Crippen molar-refractivity contribution in [3.8, 4) is 0 Å². The van der Waals surface area contributed by atoms with Crippen molar-refractivity contribution >= 4 is 21.4 Å². The highest BCUT2D eigenvalue weighted by atomic mass is 32.2. The minimum absolute atomic E-state index is 0.0818. The summed E-state index contributed by atoms with van der Waals surface area (Å²) in [6.45, 7) is 5.93. The normalized spacial score (nSPS) is 18.0. The van der Waals surface area contributed by atoms with E-state index in [1.165, 1.54) is 5.41 Å². The van der Waals surface area contributed by atoms with Gasteiger partial charge in [0, 0.05) is 16.7 Å². The van der Waals surface area contributed by atoms with Crippen LogP contribution in [0.25, 0.3) is 0 Å². The first-order chi connectivity index (χ1) is 12.3. The summed E-state index contributed by atoms with van der Waals surface area (Å²) in [5, 5.41) is 1.22. The third kappa shape index (κ3) is 3.73. The van der Waals surface area contributed by atoms with Gasteiger partial charge in [0.15, 0.2) is 9.84 Å². The zero-order valence-corrected chi connectivity index (χ0v) is 16.1. The largest absolute Gasteiger partial charge is 0.300 e. The fraction of sp³-hybridized carbons (Fsp3) is 0.286. The maximum atomic E-state index is 13.4. The number of hydrogen-bond acceptors (Lipinski definition) is 3. The molecule has 0 radical (unpaired) electrons. The summed E-state index contributed by atoms with van der Waals surface area (Å²) >= 11 is 0. The molecule has 26 heavy (non-hydrogen) atoms. The average Bonchev–Trinajstić information content (AvgIpc) is 2.94. The van der Waals surface area contributed by atoms with Gasteiger partial charge in [-0.1, -0.05) is 42.3 Å². The third-order valence-electron chi connectivity index (χ3n) is 4.56. The van der Waals surface area contributed by atoms with Crippen LogP contribution < -0.4 is 4.90 Å². The van der Waals surface area contributed by atoms with Crippen molar-refractivity contribution in [2.75, 3.05) is 10.7 Å². The molecule has 1 aliphatic rings. The second-order valence-electron chi connectivity index (χ2n) is 6.76. The molecule has 1 amide bonds. The zero-order valence-electron chi connectivity index (χ0n) is 15.3. The summed E-state index contributed by atoms with van der Waals surface area (Å²) < 4.78 is 23.9. The highest BCUT2D eigenvalue weighted by Crippen LogP contribution is 2.29. The molecule has 1 unspecified atom stereocenters. The van der Waals surface area contributed by atoms with Gasteiger partial charge in [0.05, 0.1) is 11.8 Å². The Morgan fingerprint density at radius 2 is 1.77 bits per heavy atom. The number of aryl methyl sites for hydroxylation is 3. The van der Waals surface area contributed by atoms with Gasteiger partial charge in [-0.3, -0.25) is 4.79 Å². The Morgan fingerprint density at radius 1 is 1.12 bits per heavy atom. The van der Waals surface area contributed by atoms with Crippen molar-refractivity contribution in [2.24, 2.45) is 0 Å². The topological polar surface area (TPSA) is 54.5 Å². The average molecular weight is 369 g/mol. The van der Waals surface area contributed by atoms with E-state index >= 15 is 0 Å². The first-order valence-electron chi connectivity index (χ1n) is 8.71. The molecule has 0 spiro atoms. The van der Waals surface area contributed by atoms with Gasteiger partial charge in [-0.05, 0) is 50.1 Å². The minimum atomic E-state index is -3.27. The maximum absolute atomic E-state index is 13.4. The Morgan fingerprint density at radius 3 is 2.35 bits per heavy atom. The number of amides is 1. The van der Waals surface area contributed by atoms with Gasteiger partial charge in [0.25, 0.3) is 5.91 Å². The molecule has 0 saturated heterocycles. The lowest BCUT2D eigenvalue weighted by Gasteiger charge is -2.30. The second-order valence-corrected chi connectivity index (χ2v) is 8.69. The van der Waals surface area contributed by atoms with E-state index in [4.69, 9.17) is 0 Å². The van der Waals surface area contributed by atoms with Crippen LogP contribution in [-0.4, -0.2) is 26.1 Å². The van der Waals surface area contributed by atoms with Crippen molar-refractivity contribution in [1.29, 1.82) is 0 Å². The molecule has 0 N–H and O–H groups in total. The number of hydrogen-bond donors (Lipinski definition) is 0. The lowest BCUT2D eigenvalue weighted by atomic mass is 10.0. The van der Waals surface area contributed by atoms with Crippen LogP contribution in [0, 0.1) is 13.8 Å². The molecule has 0 aromatic heterocycles. The van der Waals surface area contributed by atoms with Gasteiger partial charge in [-0.25, -0.2) is 8.42 Å². The summed E-state index contributed by atoms with van der Waals surface area (Å²) in [5.41, 5.74) is 4.37. The number of rotatable bonds is 4. The van der Waals surface area contributed by atoms with Crippen molar-refractivity contribution in [3.63, 3.8) is 0 Å². The summed E-state index contributed by atoms with van der Waals surface area (Å²) in [6, 6.07) is 12.9. The van der Waals surface area contributed by atoms with Gasteiger partial charge >= 0.3 is 0 Å². The van der Waals surface area contributed by atoms with E-state index in [0.717, 1.165) is 28.8 Å². The Balaban J connectivity index is 2.11. The Kier molecular flexibility index (Phi) is 5.01. The lowest BCUT2D eigenvalue weighted by molar-refractivity contribution is 0.0982. The molecule has 1 heterocycles. The predicted octanol–water partition coefficient (Wildman–Crippen LogP) is 3.82. The van der Waals surface area contributed by atoms with E-state index in [1.54, 1.807) is 11.0 Å². The molecular weight excluding hydrogens is 346 g/mol. The molecule has 2 aromatic carbocycles. The number of nitrogens with zero attached hydrogens (tertiary/aromatic N) is 1. The number of anilines is 1. The number of carbonyl (C=O) groups excluding carboxylic acids is 1. The monoisotopic (exact) mass is 369 g/mol. The SMILES string of the molecule is CCc1ccccc1N(C(=O)c1cc(C)cc(C)c1)C1C=CS(=O)(=O)C1. The molecule has 2 aromatic rings. The number of carbonyl (C=O) groups is 1. The zero-order chi connectivity index (χ0) is 18.9. The Hall–Kier alpha value is -2.40. The molecular formula is C21H23NO3S. The second kappa shape index (κ2) is 7.08. The molecule has 136 valence electrons. The van der Waals surface area contributed by atoms with Crippen LogP contribution in [0.1, 0.15) is 34.0 Å². The van der Waals surface area contributed by atoms with E-state index in [2.05, 4.69) is 0 Å². The number of sulfone groups is 1. The van der Waals surface area contributed by atoms with Crippen molar-refractivity contribution in [2.45, 2.75) is 33.2 Å². The van der Waals surface area contributed by atoms with E-state index in [9.17, 15) is 13.2 Å². The predicted molar refractivity (Wildman–Crippen MR) is 105 cm³/mol. The van der Waals surface area contributed by atoms with E-state index in [-0.39, 0.29) is 11.7 Å². The summed E-state index contributed by atoms with van der Waals surface area (Å²) in [6.07, 6.45) is 2.37. The lowest BCUT2D eigenvalue weighted by Crippen LogP contribution is -2.41. The number of benzene rings is 2. The first-order valence-corrected chi connectivity index (χ1v) is 10.4. The van der Waals surface area contributed by atoms with Gasteiger partial charge < -0.3 is 4.90 Å². The van der Waals surface area contributed by atoms with Gasteiger partial charge in [-0.2, -0.15) is 0 Å². The molecule has 3 rings (SSSR count). The molecule has 0 bridgehead atoms. The van der Waals surface area contributed by atoms with E-state index in [1.807, 2.05) is 63.2 Å².